The van der Waals surface area contributed by atoms with Gasteiger partial charge in [0.05, 0.1) is 10.7 Å². The molecule has 0 bridgehead atoms. The molecule has 2 aromatic carbocycles. The molecule has 0 saturated heterocycles. The molecule has 0 unspecified atom stereocenters. The van der Waals surface area contributed by atoms with Gasteiger partial charge >= 0.3 is 0 Å². The highest BCUT2D eigenvalue weighted by atomic mass is 32.1. The quantitative estimate of drug-likeness (QED) is 0.683. The number of aryl methyl sites for hydroxylation is 2. The number of hydrogen-bond donors (Lipinski definition) is 1. The smallest absolute Gasteiger partial charge is 0.257 e. The summed E-state index contributed by atoms with van der Waals surface area (Å²) in [5.41, 5.74) is 4.48. The minimum absolute atomic E-state index is 0.0329. The molecule has 0 fully saturated rings. The Labute approximate surface area is 157 Å². The van der Waals surface area contributed by atoms with Gasteiger partial charge in [-0.15, -0.1) is 11.3 Å². The van der Waals surface area contributed by atoms with Crippen LogP contribution in [0.2, 0.25) is 0 Å². The number of nitrogens with one attached hydrogen (secondary N) is 1. The van der Waals surface area contributed by atoms with Gasteiger partial charge in [-0.1, -0.05) is 42.0 Å². The Hall–Kier alpha value is -2.66. The summed E-state index contributed by atoms with van der Waals surface area (Å²) in [4.78, 5) is 16.4. The van der Waals surface area contributed by atoms with Gasteiger partial charge < -0.3 is 10.1 Å². The highest BCUT2D eigenvalue weighted by molar-refractivity contribution is 7.09. The molecule has 1 amide bonds. The van der Waals surface area contributed by atoms with E-state index in [1.807, 2.05) is 38.1 Å². The maximum atomic E-state index is 11.9. The first-order chi connectivity index (χ1) is 12.6. The molecule has 4 nitrogen and oxygen atoms in total. The van der Waals surface area contributed by atoms with Gasteiger partial charge in [0, 0.05) is 17.5 Å². The maximum Gasteiger partial charge on any atom is 0.257 e. The van der Waals surface area contributed by atoms with Crippen LogP contribution in [0.1, 0.15) is 16.1 Å². The third-order valence-corrected chi connectivity index (χ3v) is 4.77. The molecule has 0 aliphatic heterocycles. The number of rotatable bonds is 7. The van der Waals surface area contributed by atoms with Gasteiger partial charge in [0.2, 0.25) is 0 Å². The summed E-state index contributed by atoms with van der Waals surface area (Å²) in [6.07, 6.45) is 0.784. The van der Waals surface area contributed by atoms with Gasteiger partial charge in [0.25, 0.3) is 5.91 Å². The second-order valence-corrected chi connectivity index (χ2v) is 7.21. The standard InChI is InChI=1S/C21H22N2O2S/c1-15-3-9-19(10-4-15)25-13-21(24)22-12-11-17-5-7-18(8-6-17)20-14-26-16(2)23-20/h3-10,14H,11-13H2,1-2H3,(H,22,24). The van der Waals surface area contributed by atoms with E-state index < -0.39 is 0 Å². The highest BCUT2D eigenvalue weighted by Crippen LogP contribution is 2.21. The van der Waals surface area contributed by atoms with E-state index in [0.717, 1.165) is 28.2 Å². The summed E-state index contributed by atoms with van der Waals surface area (Å²) in [6.45, 7) is 4.64. The minimum atomic E-state index is -0.111. The lowest BCUT2D eigenvalue weighted by molar-refractivity contribution is -0.123. The van der Waals surface area contributed by atoms with Crippen molar-refractivity contribution in [1.82, 2.24) is 10.3 Å². The van der Waals surface area contributed by atoms with Crippen molar-refractivity contribution in [2.75, 3.05) is 13.2 Å². The van der Waals surface area contributed by atoms with E-state index in [1.165, 1.54) is 5.56 Å². The van der Waals surface area contributed by atoms with Gasteiger partial charge in [0.15, 0.2) is 6.61 Å². The number of nitrogens with zero attached hydrogens (tertiary/aromatic N) is 1. The normalized spacial score (nSPS) is 10.5. The Morgan fingerprint density at radius 2 is 1.81 bits per heavy atom. The van der Waals surface area contributed by atoms with Gasteiger partial charge in [-0.2, -0.15) is 0 Å². The van der Waals surface area contributed by atoms with Crippen LogP contribution in [-0.2, 0) is 11.2 Å². The lowest BCUT2D eigenvalue weighted by atomic mass is 10.1. The number of hydrogen-bond acceptors (Lipinski definition) is 4. The van der Waals surface area contributed by atoms with Crippen molar-refractivity contribution in [3.63, 3.8) is 0 Å². The molecule has 0 radical (unpaired) electrons. The first-order valence-corrected chi connectivity index (χ1v) is 9.46. The predicted octanol–water partition coefficient (Wildman–Crippen LogP) is 4.16. The van der Waals surface area contributed by atoms with Crippen molar-refractivity contribution < 1.29 is 9.53 Å². The average Bonchev–Trinajstić information content (AvgIpc) is 3.08. The lowest BCUT2D eigenvalue weighted by Gasteiger charge is -2.08. The van der Waals surface area contributed by atoms with Gasteiger partial charge in [0.1, 0.15) is 5.75 Å². The van der Waals surface area contributed by atoms with E-state index in [-0.39, 0.29) is 12.5 Å². The van der Waals surface area contributed by atoms with Gasteiger partial charge in [-0.3, -0.25) is 4.79 Å². The van der Waals surface area contributed by atoms with Crippen LogP contribution in [0.15, 0.2) is 53.9 Å². The molecule has 0 spiro atoms. The molecular formula is C21H22N2O2S. The fourth-order valence-corrected chi connectivity index (χ4v) is 3.14. The summed E-state index contributed by atoms with van der Waals surface area (Å²) < 4.78 is 5.47. The number of thiazole rings is 1. The predicted molar refractivity (Wildman–Crippen MR) is 106 cm³/mol. The third-order valence-electron chi connectivity index (χ3n) is 4.00. The van der Waals surface area contributed by atoms with Crippen LogP contribution in [0.25, 0.3) is 11.3 Å². The van der Waals surface area contributed by atoms with Crippen LogP contribution in [0.5, 0.6) is 5.75 Å². The number of ether oxygens (including phenoxy) is 1. The van der Waals surface area contributed by atoms with Crippen LogP contribution in [-0.4, -0.2) is 24.0 Å². The lowest BCUT2D eigenvalue weighted by Crippen LogP contribution is -2.30. The van der Waals surface area contributed by atoms with Crippen LogP contribution in [0.3, 0.4) is 0 Å². The monoisotopic (exact) mass is 366 g/mol. The molecule has 0 aliphatic carbocycles. The fourth-order valence-electron chi connectivity index (χ4n) is 2.52. The first-order valence-electron chi connectivity index (χ1n) is 8.58. The minimum Gasteiger partial charge on any atom is -0.484 e. The molecule has 1 aromatic heterocycles. The van der Waals surface area contributed by atoms with Crippen molar-refractivity contribution in [1.29, 1.82) is 0 Å². The molecule has 134 valence electrons. The average molecular weight is 366 g/mol. The molecule has 0 aliphatic rings. The zero-order chi connectivity index (χ0) is 18.4. The number of benzene rings is 2. The van der Waals surface area contributed by atoms with Crippen LogP contribution >= 0.6 is 11.3 Å². The van der Waals surface area contributed by atoms with Crippen molar-refractivity contribution >= 4 is 17.2 Å². The van der Waals surface area contributed by atoms with Crippen molar-refractivity contribution in [2.45, 2.75) is 20.3 Å². The zero-order valence-corrected chi connectivity index (χ0v) is 15.8. The van der Waals surface area contributed by atoms with E-state index in [1.54, 1.807) is 11.3 Å². The zero-order valence-electron chi connectivity index (χ0n) is 15.0. The van der Waals surface area contributed by atoms with Gasteiger partial charge in [-0.25, -0.2) is 4.98 Å². The Morgan fingerprint density at radius 3 is 2.46 bits per heavy atom. The number of aromatic nitrogens is 1. The van der Waals surface area contributed by atoms with Crippen molar-refractivity contribution in [3.05, 3.63) is 70.0 Å². The SMILES string of the molecule is Cc1ccc(OCC(=O)NCCc2ccc(-c3csc(C)n3)cc2)cc1. The van der Waals surface area contributed by atoms with E-state index in [2.05, 4.69) is 39.9 Å². The molecule has 0 saturated carbocycles. The second-order valence-electron chi connectivity index (χ2n) is 6.15. The van der Waals surface area contributed by atoms with Crippen LogP contribution in [0.4, 0.5) is 0 Å². The molecule has 1 heterocycles. The number of amides is 1. The first kappa shape index (κ1) is 18.1. The molecule has 5 heteroatoms. The van der Waals surface area contributed by atoms with E-state index in [0.29, 0.717) is 12.3 Å². The molecule has 1 N–H and O–H groups in total. The summed E-state index contributed by atoms with van der Waals surface area (Å²) in [7, 11) is 0. The molecular weight excluding hydrogens is 344 g/mol. The summed E-state index contributed by atoms with van der Waals surface area (Å²) >= 11 is 1.65. The largest absolute Gasteiger partial charge is 0.484 e. The summed E-state index contributed by atoms with van der Waals surface area (Å²) in [5, 5.41) is 6.02. The number of carbonyl (C=O) groups is 1. The maximum absolute atomic E-state index is 11.9. The van der Waals surface area contributed by atoms with E-state index >= 15 is 0 Å². The van der Waals surface area contributed by atoms with Crippen molar-refractivity contribution in [3.8, 4) is 17.0 Å². The fraction of sp³-hybridized carbons (Fsp3) is 0.238. The topological polar surface area (TPSA) is 51.2 Å². The Bertz CT molecular complexity index is 854. The molecule has 3 aromatic rings. The highest BCUT2D eigenvalue weighted by Gasteiger charge is 2.04. The summed E-state index contributed by atoms with van der Waals surface area (Å²) in [5.74, 6) is 0.596. The van der Waals surface area contributed by atoms with Crippen LogP contribution < -0.4 is 10.1 Å². The van der Waals surface area contributed by atoms with Crippen LogP contribution in [0, 0.1) is 13.8 Å². The van der Waals surface area contributed by atoms with E-state index in [9.17, 15) is 4.79 Å². The molecule has 3 rings (SSSR count). The Balaban J connectivity index is 1.41. The summed E-state index contributed by atoms with van der Waals surface area (Å²) in [6, 6.07) is 16.0. The molecule has 0 atom stereocenters. The van der Waals surface area contributed by atoms with Gasteiger partial charge in [-0.05, 0) is 38.0 Å². The Morgan fingerprint density at radius 1 is 1.08 bits per heavy atom. The second kappa shape index (κ2) is 8.63. The van der Waals surface area contributed by atoms with Crippen molar-refractivity contribution in [2.24, 2.45) is 0 Å². The molecule has 26 heavy (non-hydrogen) atoms. The van der Waals surface area contributed by atoms with E-state index in [4.69, 9.17) is 4.74 Å². The number of carbonyl (C=O) groups excluding carboxylic acids is 1. The third kappa shape index (κ3) is 5.17. The Kier molecular flexibility index (Phi) is 6.02.